The van der Waals surface area contributed by atoms with Gasteiger partial charge in [-0.25, -0.2) is 4.68 Å². The molecule has 4 nitrogen and oxygen atoms in total. The Hall–Kier alpha value is -1.32. The van der Waals surface area contributed by atoms with E-state index in [9.17, 15) is 4.79 Å². The fourth-order valence-electron chi connectivity index (χ4n) is 2.52. The molecule has 0 radical (unpaired) electrons. The van der Waals surface area contributed by atoms with Crippen molar-refractivity contribution in [3.05, 3.63) is 22.6 Å². The summed E-state index contributed by atoms with van der Waals surface area (Å²) in [6.45, 7) is 0.757. The summed E-state index contributed by atoms with van der Waals surface area (Å²) < 4.78 is 1.58. The molecule has 0 amide bonds. The van der Waals surface area contributed by atoms with E-state index in [1.807, 2.05) is 0 Å². The van der Waals surface area contributed by atoms with Crippen molar-refractivity contribution in [3.8, 4) is 0 Å². The lowest BCUT2D eigenvalue weighted by molar-refractivity contribution is 0.316. The van der Waals surface area contributed by atoms with Gasteiger partial charge in [0.2, 0.25) is 0 Å². The number of nitrogens with zero attached hydrogens (tertiary/aromatic N) is 2. The van der Waals surface area contributed by atoms with Crippen LogP contribution >= 0.6 is 0 Å². The standard InChI is InChI=1S/C13H21N3O/c1-14-12-9-13(17)16(15-10-12)8-7-11-5-3-2-4-6-11/h9-11,14H,2-8H2,1H3. The van der Waals surface area contributed by atoms with Crippen LogP contribution in [0.3, 0.4) is 0 Å². The molecule has 1 aliphatic carbocycles. The second-order valence-corrected chi connectivity index (χ2v) is 4.85. The van der Waals surface area contributed by atoms with Crippen LogP contribution in [0.4, 0.5) is 5.69 Å². The van der Waals surface area contributed by atoms with E-state index < -0.39 is 0 Å². The Bertz CT molecular complexity index is 407. The summed E-state index contributed by atoms with van der Waals surface area (Å²) in [5, 5.41) is 7.10. The van der Waals surface area contributed by atoms with Crippen LogP contribution in [0.2, 0.25) is 0 Å². The van der Waals surface area contributed by atoms with E-state index in [1.54, 1.807) is 24.0 Å². The maximum atomic E-state index is 11.7. The number of nitrogens with one attached hydrogen (secondary N) is 1. The number of hydrogen-bond acceptors (Lipinski definition) is 3. The van der Waals surface area contributed by atoms with E-state index in [-0.39, 0.29) is 5.56 Å². The van der Waals surface area contributed by atoms with Gasteiger partial charge in [0, 0.05) is 19.7 Å². The number of hydrogen-bond donors (Lipinski definition) is 1. The van der Waals surface area contributed by atoms with Gasteiger partial charge in [0.05, 0.1) is 11.9 Å². The first kappa shape index (κ1) is 12.1. The third-order valence-corrected chi connectivity index (χ3v) is 3.63. The lowest BCUT2D eigenvalue weighted by atomic mass is 9.87. The monoisotopic (exact) mass is 235 g/mol. The summed E-state index contributed by atoms with van der Waals surface area (Å²) in [6.07, 6.45) is 9.53. The van der Waals surface area contributed by atoms with Crippen LogP contribution in [0.5, 0.6) is 0 Å². The molecule has 17 heavy (non-hydrogen) atoms. The molecule has 0 unspecified atom stereocenters. The predicted octanol–water partition coefficient (Wildman–Crippen LogP) is 2.26. The van der Waals surface area contributed by atoms with Gasteiger partial charge in [0.1, 0.15) is 0 Å². The third kappa shape index (κ3) is 3.32. The minimum Gasteiger partial charge on any atom is -0.387 e. The van der Waals surface area contributed by atoms with Gasteiger partial charge >= 0.3 is 0 Å². The van der Waals surface area contributed by atoms with Gasteiger partial charge in [-0.3, -0.25) is 4.79 Å². The number of aryl methyl sites for hydroxylation is 1. The topological polar surface area (TPSA) is 46.9 Å². The Morgan fingerprint density at radius 3 is 2.82 bits per heavy atom. The minimum atomic E-state index is -0.00680. The third-order valence-electron chi connectivity index (χ3n) is 3.63. The molecule has 4 heteroatoms. The molecular weight excluding hydrogens is 214 g/mol. The highest BCUT2D eigenvalue weighted by Gasteiger charge is 2.13. The summed E-state index contributed by atoms with van der Waals surface area (Å²) >= 11 is 0. The molecule has 0 atom stereocenters. The van der Waals surface area contributed by atoms with E-state index >= 15 is 0 Å². The van der Waals surface area contributed by atoms with Crippen molar-refractivity contribution in [1.29, 1.82) is 0 Å². The van der Waals surface area contributed by atoms with Crippen LogP contribution in [-0.4, -0.2) is 16.8 Å². The van der Waals surface area contributed by atoms with E-state index in [2.05, 4.69) is 10.4 Å². The van der Waals surface area contributed by atoms with Crippen LogP contribution in [0, 0.1) is 5.92 Å². The zero-order chi connectivity index (χ0) is 12.1. The van der Waals surface area contributed by atoms with Gasteiger partial charge < -0.3 is 5.32 Å². The van der Waals surface area contributed by atoms with Crippen LogP contribution in [0.15, 0.2) is 17.1 Å². The van der Waals surface area contributed by atoms with Gasteiger partial charge in [-0.05, 0) is 12.3 Å². The van der Waals surface area contributed by atoms with Crippen molar-refractivity contribution in [2.75, 3.05) is 12.4 Å². The molecule has 94 valence electrons. The van der Waals surface area contributed by atoms with Crippen LogP contribution < -0.4 is 10.9 Å². The molecule has 0 bridgehead atoms. The smallest absolute Gasteiger partial charge is 0.268 e. The molecule has 1 aromatic heterocycles. The van der Waals surface area contributed by atoms with Crippen molar-refractivity contribution < 1.29 is 0 Å². The zero-order valence-corrected chi connectivity index (χ0v) is 10.5. The molecule has 1 saturated carbocycles. The Labute approximate surface area is 102 Å². The summed E-state index contributed by atoms with van der Waals surface area (Å²) in [4.78, 5) is 11.7. The van der Waals surface area contributed by atoms with Crippen molar-refractivity contribution in [1.82, 2.24) is 9.78 Å². The molecule has 2 rings (SSSR count). The molecule has 1 heterocycles. The Morgan fingerprint density at radius 2 is 2.18 bits per heavy atom. The Balaban J connectivity index is 1.92. The van der Waals surface area contributed by atoms with Crippen molar-refractivity contribution >= 4 is 5.69 Å². The second kappa shape index (κ2) is 5.84. The molecule has 0 spiro atoms. The van der Waals surface area contributed by atoms with Gasteiger partial charge in [-0.1, -0.05) is 32.1 Å². The van der Waals surface area contributed by atoms with E-state index in [1.165, 1.54) is 32.1 Å². The highest BCUT2D eigenvalue weighted by Crippen LogP contribution is 2.26. The van der Waals surface area contributed by atoms with Crippen molar-refractivity contribution in [2.45, 2.75) is 45.1 Å². The molecule has 0 aromatic carbocycles. The fourth-order valence-corrected chi connectivity index (χ4v) is 2.52. The molecule has 1 N–H and O–H groups in total. The van der Waals surface area contributed by atoms with E-state index in [0.29, 0.717) is 0 Å². The van der Waals surface area contributed by atoms with Gasteiger partial charge in [0.15, 0.2) is 0 Å². The average molecular weight is 235 g/mol. The number of anilines is 1. The van der Waals surface area contributed by atoms with Crippen molar-refractivity contribution in [3.63, 3.8) is 0 Å². The molecule has 1 fully saturated rings. The summed E-state index contributed by atoms with van der Waals surface area (Å²) in [5.74, 6) is 0.793. The predicted molar refractivity (Wildman–Crippen MR) is 69.2 cm³/mol. The van der Waals surface area contributed by atoms with Crippen LogP contribution in [0.1, 0.15) is 38.5 Å². The van der Waals surface area contributed by atoms with E-state index in [4.69, 9.17) is 0 Å². The van der Waals surface area contributed by atoms with Crippen LogP contribution in [-0.2, 0) is 6.54 Å². The fraction of sp³-hybridized carbons (Fsp3) is 0.692. The first-order chi connectivity index (χ1) is 8.29. The SMILES string of the molecule is CNc1cnn(CCC2CCCCC2)c(=O)c1. The van der Waals surface area contributed by atoms with E-state index in [0.717, 1.165) is 24.6 Å². The Morgan fingerprint density at radius 1 is 1.41 bits per heavy atom. The molecule has 1 aromatic rings. The highest BCUT2D eigenvalue weighted by molar-refractivity contribution is 5.37. The van der Waals surface area contributed by atoms with Crippen LogP contribution in [0.25, 0.3) is 0 Å². The summed E-state index contributed by atoms with van der Waals surface area (Å²) in [5.41, 5.74) is 0.775. The number of rotatable bonds is 4. The lowest BCUT2D eigenvalue weighted by Gasteiger charge is -2.21. The first-order valence-electron chi connectivity index (χ1n) is 6.54. The average Bonchev–Trinajstić information content (AvgIpc) is 2.38. The minimum absolute atomic E-state index is 0.00680. The highest BCUT2D eigenvalue weighted by atomic mass is 16.1. The number of aromatic nitrogens is 2. The normalized spacial score (nSPS) is 17.0. The van der Waals surface area contributed by atoms with Gasteiger partial charge in [-0.15, -0.1) is 0 Å². The molecule has 1 aliphatic rings. The molecule has 0 saturated heterocycles. The maximum Gasteiger partial charge on any atom is 0.268 e. The first-order valence-corrected chi connectivity index (χ1v) is 6.54. The molecule has 0 aliphatic heterocycles. The largest absolute Gasteiger partial charge is 0.387 e. The second-order valence-electron chi connectivity index (χ2n) is 4.85. The van der Waals surface area contributed by atoms with Gasteiger partial charge in [0.25, 0.3) is 5.56 Å². The van der Waals surface area contributed by atoms with Gasteiger partial charge in [-0.2, -0.15) is 5.10 Å². The molecular formula is C13H21N3O. The lowest BCUT2D eigenvalue weighted by Crippen LogP contribution is -2.24. The van der Waals surface area contributed by atoms with Crippen molar-refractivity contribution in [2.24, 2.45) is 5.92 Å². The Kier molecular flexibility index (Phi) is 4.18. The zero-order valence-electron chi connectivity index (χ0n) is 10.5. The maximum absolute atomic E-state index is 11.7. The summed E-state index contributed by atoms with van der Waals surface area (Å²) in [7, 11) is 1.79. The quantitative estimate of drug-likeness (QED) is 0.870. The summed E-state index contributed by atoms with van der Waals surface area (Å²) in [6, 6.07) is 1.61.